The maximum absolute atomic E-state index is 13.5. The highest BCUT2D eigenvalue weighted by atomic mass is 16.6. The van der Waals surface area contributed by atoms with E-state index in [2.05, 4.69) is 13.0 Å². The number of hydrogen-bond acceptors (Lipinski definition) is 7. The molecule has 39 heavy (non-hydrogen) atoms. The first-order valence-corrected chi connectivity index (χ1v) is 14.1. The topological polar surface area (TPSA) is 102 Å². The van der Waals surface area contributed by atoms with E-state index in [1.165, 1.54) is 0 Å². The molecule has 7 heteroatoms. The summed E-state index contributed by atoms with van der Waals surface area (Å²) in [4.78, 5) is 25.3. The van der Waals surface area contributed by atoms with Gasteiger partial charge in [0, 0.05) is 24.1 Å². The summed E-state index contributed by atoms with van der Waals surface area (Å²) in [7, 11) is 0. The standard InChI is InChI=1S/C32H38O7/c1-3-27(38-28-10-6-8-20-7-4-5-9-26(20)28)32(36)39-29-17-22(33)15-21-12-11-19(2)25(31(21)29)14-13-24-16-23(34)18-30(35)37-24/h4-12,15,19,22-25,27,29,31,33-34H,3,13-14,16-18H2,1-2H3/t19?,22?,23-,24-,25?,27+,29?,31?/m1/s1. The summed E-state index contributed by atoms with van der Waals surface area (Å²) >= 11 is 0. The Hall–Kier alpha value is -3.16. The van der Waals surface area contributed by atoms with Crippen molar-refractivity contribution >= 4 is 22.7 Å². The fraction of sp³-hybridized carbons (Fsp3) is 0.500. The molecule has 2 aromatic rings. The molecule has 2 aromatic carbocycles. The lowest BCUT2D eigenvalue weighted by Gasteiger charge is -2.43. The number of cyclic esters (lactones) is 1. The van der Waals surface area contributed by atoms with Gasteiger partial charge in [0.25, 0.3) is 0 Å². The van der Waals surface area contributed by atoms with Gasteiger partial charge in [-0.1, -0.05) is 68.5 Å². The van der Waals surface area contributed by atoms with E-state index >= 15 is 0 Å². The number of esters is 2. The van der Waals surface area contributed by atoms with Gasteiger partial charge >= 0.3 is 11.9 Å². The van der Waals surface area contributed by atoms with Crippen LogP contribution in [-0.2, 0) is 19.1 Å². The van der Waals surface area contributed by atoms with Crippen LogP contribution in [0, 0.1) is 17.8 Å². The Balaban J connectivity index is 1.31. The summed E-state index contributed by atoms with van der Waals surface area (Å²) in [5, 5.41) is 22.6. The van der Waals surface area contributed by atoms with Gasteiger partial charge in [-0.3, -0.25) is 4.79 Å². The predicted octanol–water partition coefficient (Wildman–Crippen LogP) is 4.89. The zero-order valence-corrected chi connectivity index (χ0v) is 22.6. The molecule has 0 saturated carbocycles. The zero-order chi connectivity index (χ0) is 27.5. The number of aliphatic hydroxyl groups is 2. The van der Waals surface area contributed by atoms with Crippen LogP contribution < -0.4 is 4.74 Å². The van der Waals surface area contributed by atoms with E-state index in [4.69, 9.17) is 14.2 Å². The molecule has 5 rings (SSSR count). The number of ether oxygens (including phenoxy) is 3. The van der Waals surface area contributed by atoms with Crippen LogP contribution in [0.15, 0.2) is 66.3 Å². The lowest BCUT2D eigenvalue weighted by molar-refractivity contribution is -0.164. The molecule has 208 valence electrons. The summed E-state index contributed by atoms with van der Waals surface area (Å²) in [6.07, 6.45) is 5.66. The second-order valence-corrected chi connectivity index (χ2v) is 11.1. The van der Waals surface area contributed by atoms with Crippen molar-refractivity contribution in [2.45, 2.75) is 82.9 Å². The van der Waals surface area contributed by atoms with Crippen LogP contribution >= 0.6 is 0 Å². The molecule has 5 unspecified atom stereocenters. The molecular formula is C32H38O7. The zero-order valence-electron chi connectivity index (χ0n) is 22.6. The fourth-order valence-corrected chi connectivity index (χ4v) is 6.38. The van der Waals surface area contributed by atoms with Crippen LogP contribution in [0.3, 0.4) is 0 Å². The number of carbonyl (C=O) groups excluding carboxylic acids is 2. The lowest BCUT2D eigenvalue weighted by atomic mass is 9.66. The van der Waals surface area contributed by atoms with Gasteiger partial charge in [0.15, 0.2) is 6.10 Å². The van der Waals surface area contributed by atoms with E-state index in [1.807, 2.05) is 61.5 Å². The number of aliphatic hydroxyl groups excluding tert-OH is 2. The van der Waals surface area contributed by atoms with Crippen molar-refractivity contribution in [1.82, 2.24) is 0 Å². The van der Waals surface area contributed by atoms with Crippen LogP contribution in [-0.4, -0.2) is 52.7 Å². The number of benzene rings is 2. The lowest BCUT2D eigenvalue weighted by Crippen LogP contribution is -2.44. The van der Waals surface area contributed by atoms with E-state index in [9.17, 15) is 19.8 Å². The van der Waals surface area contributed by atoms with Crippen molar-refractivity contribution in [3.63, 3.8) is 0 Å². The average molecular weight is 535 g/mol. The maximum Gasteiger partial charge on any atom is 0.347 e. The average Bonchev–Trinajstić information content (AvgIpc) is 2.90. The number of allylic oxidation sites excluding steroid dienone is 2. The molecule has 1 aliphatic heterocycles. The molecule has 0 radical (unpaired) electrons. The van der Waals surface area contributed by atoms with Crippen molar-refractivity contribution in [1.29, 1.82) is 0 Å². The van der Waals surface area contributed by atoms with Crippen molar-refractivity contribution in [2.75, 3.05) is 0 Å². The van der Waals surface area contributed by atoms with Gasteiger partial charge in [-0.05, 0) is 48.1 Å². The van der Waals surface area contributed by atoms with Gasteiger partial charge in [0.05, 0.1) is 18.6 Å². The molecule has 0 spiro atoms. The first-order chi connectivity index (χ1) is 18.8. The first-order valence-electron chi connectivity index (χ1n) is 14.1. The molecule has 2 N–H and O–H groups in total. The minimum atomic E-state index is -0.777. The summed E-state index contributed by atoms with van der Waals surface area (Å²) in [6, 6.07) is 13.7. The number of fused-ring (bicyclic) bond motifs is 2. The fourth-order valence-electron chi connectivity index (χ4n) is 6.38. The monoisotopic (exact) mass is 534 g/mol. The molecule has 0 bridgehead atoms. The SMILES string of the molecule is CC[C@H](Oc1cccc2ccccc12)C(=O)OC1CC(O)C=C2C=CC(C)C(CC[C@@H]3C[C@@H](O)CC(=O)O3)C21. The highest BCUT2D eigenvalue weighted by Gasteiger charge is 2.43. The van der Waals surface area contributed by atoms with Gasteiger partial charge in [0.2, 0.25) is 0 Å². The van der Waals surface area contributed by atoms with Gasteiger partial charge in [0.1, 0.15) is 18.0 Å². The molecule has 0 aromatic heterocycles. The van der Waals surface area contributed by atoms with Crippen molar-refractivity contribution in [3.8, 4) is 5.75 Å². The number of rotatable bonds is 8. The highest BCUT2D eigenvalue weighted by molar-refractivity contribution is 5.88. The Labute approximate surface area is 229 Å². The van der Waals surface area contributed by atoms with E-state index in [0.29, 0.717) is 31.4 Å². The third-order valence-corrected chi connectivity index (χ3v) is 8.35. The third-order valence-electron chi connectivity index (χ3n) is 8.35. The molecule has 2 aliphatic carbocycles. The molecular weight excluding hydrogens is 496 g/mol. The molecule has 0 amide bonds. The largest absolute Gasteiger partial charge is 0.478 e. The van der Waals surface area contributed by atoms with Gasteiger partial charge < -0.3 is 24.4 Å². The quantitative estimate of drug-likeness (QED) is 0.465. The van der Waals surface area contributed by atoms with Crippen LogP contribution in [0.4, 0.5) is 0 Å². The van der Waals surface area contributed by atoms with Crippen molar-refractivity contribution in [3.05, 3.63) is 66.3 Å². The summed E-state index contributed by atoms with van der Waals surface area (Å²) < 4.78 is 17.8. The van der Waals surface area contributed by atoms with Crippen LogP contribution in [0.5, 0.6) is 5.75 Å². The molecule has 1 saturated heterocycles. The second-order valence-electron chi connectivity index (χ2n) is 11.1. The van der Waals surface area contributed by atoms with E-state index in [1.54, 1.807) is 0 Å². The van der Waals surface area contributed by atoms with Crippen LogP contribution in [0.2, 0.25) is 0 Å². The number of hydrogen-bond donors (Lipinski definition) is 2. The minimum absolute atomic E-state index is 0.0456. The summed E-state index contributed by atoms with van der Waals surface area (Å²) in [6.45, 7) is 4.04. The Morgan fingerprint density at radius 2 is 1.90 bits per heavy atom. The van der Waals surface area contributed by atoms with Crippen LogP contribution in [0.25, 0.3) is 10.8 Å². The predicted molar refractivity (Wildman–Crippen MR) is 147 cm³/mol. The highest BCUT2D eigenvalue weighted by Crippen LogP contribution is 2.44. The second kappa shape index (κ2) is 11.9. The van der Waals surface area contributed by atoms with Gasteiger partial charge in [-0.15, -0.1) is 0 Å². The smallest absolute Gasteiger partial charge is 0.347 e. The van der Waals surface area contributed by atoms with Crippen molar-refractivity contribution < 1.29 is 34.0 Å². The van der Waals surface area contributed by atoms with Crippen molar-refractivity contribution in [2.24, 2.45) is 17.8 Å². The van der Waals surface area contributed by atoms with E-state index in [0.717, 1.165) is 22.8 Å². The van der Waals surface area contributed by atoms with Gasteiger partial charge in [-0.25, -0.2) is 4.79 Å². The maximum atomic E-state index is 13.5. The van der Waals surface area contributed by atoms with E-state index < -0.39 is 30.4 Å². The molecule has 3 aliphatic rings. The van der Waals surface area contributed by atoms with Gasteiger partial charge in [-0.2, -0.15) is 0 Å². The Morgan fingerprint density at radius 3 is 2.69 bits per heavy atom. The summed E-state index contributed by atoms with van der Waals surface area (Å²) in [5.74, 6) is 0.0914. The molecule has 7 nitrogen and oxygen atoms in total. The Bertz CT molecular complexity index is 1240. The minimum Gasteiger partial charge on any atom is -0.478 e. The molecule has 1 fully saturated rings. The molecule has 1 heterocycles. The first kappa shape index (κ1) is 27.4. The van der Waals surface area contributed by atoms with Crippen LogP contribution in [0.1, 0.15) is 52.4 Å². The third kappa shape index (κ3) is 6.20. The molecule has 8 atom stereocenters. The normalized spacial score (nSPS) is 31.1. The number of carbonyl (C=O) groups is 2. The Kier molecular flexibility index (Phi) is 8.38. The van der Waals surface area contributed by atoms with E-state index in [-0.39, 0.29) is 36.2 Å². The Morgan fingerprint density at radius 1 is 1.10 bits per heavy atom. The summed E-state index contributed by atoms with van der Waals surface area (Å²) in [5.41, 5.74) is 0.971.